The Balaban J connectivity index is 2.03. The van der Waals surface area contributed by atoms with Crippen LogP contribution in [-0.4, -0.2) is 16.2 Å². The highest BCUT2D eigenvalue weighted by atomic mass is 127. The van der Waals surface area contributed by atoms with Crippen molar-refractivity contribution in [2.24, 2.45) is 0 Å². The molecule has 0 unspecified atom stereocenters. The molecule has 1 nitrogen and oxygen atoms in total. The van der Waals surface area contributed by atoms with Crippen LogP contribution in [0, 0.1) is 0 Å². The van der Waals surface area contributed by atoms with Gasteiger partial charge in [-0.3, -0.25) is 0 Å². The highest BCUT2D eigenvalue weighted by Crippen LogP contribution is 2.28. The maximum absolute atomic E-state index is 2.42. The monoisotopic (exact) mass is 287 g/mol. The number of hydrogen-bond acceptors (Lipinski definition) is 1. The molecule has 1 aliphatic rings. The average Bonchev–Trinajstić information content (AvgIpc) is 2.20. The molecule has 70 valence electrons. The zero-order valence-corrected chi connectivity index (χ0v) is 9.78. The number of rotatable bonds is 1. The van der Waals surface area contributed by atoms with Crippen LogP contribution in [0.4, 0.5) is 0 Å². The standard InChI is InChI=1S/C11H14IN/c12-13-8-6-11(7-9-13)10-4-2-1-3-5-10/h1-5,11H,6-9H2. The van der Waals surface area contributed by atoms with Crippen molar-refractivity contribution in [3.8, 4) is 0 Å². The molecular weight excluding hydrogens is 273 g/mol. The van der Waals surface area contributed by atoms with Gasteiger partial charge >= 0.3 is 0 Å². The van der Waals surface area contributed by atoms with Gasteiger partial charge in [-0.05, 0) is 24.3 Å². The molecule has 1 fully saturated rings. The van der Waals surface area contributed by atoms with Crippen molar-refractivity contribution in [1.29, 1.82) is 0 Å². The second-order valence-corrected chi connectivity index (χ2v) is 4.96. The summed E-state index contributed by atoms with van der Waals surface area (Å²) < 4.78 is 2.39. The van der Waals surface area contributed by atoms with E-state index in [-0.39, 0.29) is 0 Å². The minimum absolute atomic E-state index is 0.798. The van der Waals surface area contributed by atoms with Crippen molar-refractivity contribution in [3.05, 3.63) is 35.9 Å². The molecule has 0 aliphatic carbocycles. The Hall–Kier alpha value is -0.0900. The Kier molecular flexibility index (Phi) is 3.22. The fourth-order valence-corrected chi connectivity index (χ4v) is 2.46. The molecule has 0 spiro atoms. The van der Waals surface area contributed by atoms with E-state index in [1.807, 2.05) is 0 Å². The van der Waals surface area contributed by atoms with Crippen LogP contribution in [0.1, 0.15) is 24.3 Å². The number of halogens is 1. The second-order valence-electron chi connectivity index (χ2n) is 3.59. The summed E-state index contributed by atoms with van der Waals surface area (Å²) in [6.45, 7) is 2.47. The molecule has 0 radical (unpaired) electrons. The van der Waals surface area contributed by atoms with Crippen molar-refractivity contribution in [3.63, 3.8) is 0 Å². The SMILES string of the molecule is IN1CCC(c2ccccc2)CC1. The summed E-state index contributed by atoms with van der Waals surface area (Å²) in [5, 5.41) is 0. The van der Waals surface area contributed by atoms with Gasteiger partial charge in [0.25, 0.3) is 0 Å². The van der Waals surface area contributed by atoms with E-state index in [1.165, 1.54) is 31.5 Å². The summed E-state index contributed by atoms with van der Waals surface area (Å²) in [7, 11) is 0. The Morgan fingerprint density at radius 1 is 1.08 bits per heavy atom. The van der Waals surface area contributed by atoms with Crippen LogP contribution >= 0.6 is 22.9 Å². The number of benzene rings is 1. The summed E-state index contributed by atoms with van der Waals surface area (Å²) in [6, 6.07) is 10.9. The highest BCUT2D eigenvalue weighted by molar-refractivity contribution is 14.1. The second kappa shape index (κ2) is 4.42. The third kappa shape index (κ3) is 2.44. The van der Waals surface area contributed by atoms with Gasteiger partial charge < -0.3 is 0 Å². The molecule has 1 heterocycles. The summed E-state index contributed by atoms with van der Waals surface area (Å²) >= 11 is 2.42. The van der Waals surface area contributed by atoms with Gasteiger partial charge in [0.05, 0.1) is 0 Å². The molecule has 1 aromatic rings. The van der Waals surface area contributed by atoms with E-state index >= 15 is 0 Å². The van der Waals surface area contributed by atoms with Gasteiger partial charge in [0.15, 0.2) is 0 Å². The molecule has 2 heteroatoms. The Morgan fingerprint density at radius 2 is 1.69 bits per heavy atom. The summed E-state index contributed by atoms with van der Waals surface area (Å²) in [4.78, 5) is 0. The maximum atomic E-state index is 2.42. The van der Waals surface area contributed by atoms with E-state index in [0.717, 1.165) is 5.92 Å². The minimum Gasteiger partial charge on any atom is -0.248 e. The molecule has 1 aliphatic heterocycles. The quantitative estimate of drug-likeness (QED) is 0.566. The Morgan fingerprint density at radius 3 is 2.31 bits per heavy atom. The number of nitrogens with zero attached hydrogens (tertiary/aromatic N) is 1. The van der Waals surface area contributed by atoms with E-state index in [1.54, 1.807) is 0 Å². The van der Waals surface area contributed by atoms with Crippen LogP contribution in [-0.2, 0) is 0 Å². The number of hydrogen-bond donors (Lipinski definition) is 0. The lowest BCUT2D eigenvalue weighted by Gasteiger charge is -2.27. The number of piperidine rings is 1. The molecular formula is C11H14IN. The molecule has 13 heavy (non-hydrogen) atoms. The smallest absolute Gasteiger partial charge is 0.0201 e. The minimum atomic E-state index is 0.798. The van der Waals surface area contributed by atoms with Gasteiger partial charge in [0, 0.05) is 36.0 Å². The molecule has 0 aromatic heterocycles. The van der Waals surface area contributed by atoms with E-state index < -0.39 is 0 Å². The Bertz CT molecular complexity index is 252. The predicted octanol–water partition coefficient (Wildman–Crippen LogP) is 3.22. The van der Waals surface area contributed by atoms with Crippen LogP contribution in [0.5, 0.6) is 0 Å². The zero-order chi connectivity index (χ0) is 9.10. The topological polar surface area (TPSA) is 3.24 Å². The third-order valence-corrected chi connectivity index (χ3v) is 3.68. The normalized spacial score (nSPS) is 20.4. The van der Waals surface area contributed by atoms with Crippen LogP contribution in [0.15, 0.2) is 30.3 Å². The lowest BCUT2D eigenvalue weighted by atomic mass is 9.90. The van der Waals surface area contributed by atoms with E-state index in [2.05, 4.69) is 56.3 Å². The van der Waals surface area contributed by atoms with Gasteiger partial charge in [-0.2, -0.15) is 0 Å². The first kappa shape index (κ1) is 9.46. The van der Waals surface area contributed by atoms with Crippen molar-refractivity contribution in [2.45, 2.75) is 18.8 Å². The van der Waals surface area contributed by atoms with E-state index in [4.69, 9.17) is 0 Å². The Labute approximate surface area is 93.6 Å². The van der Waals surface area contributed by atoms with Crippen LogP contribution in [0.25, 0.3) is 0 Å². The summed E-state index contributed by atoms with van der Waals surface area (Å²) in [6.07, 6.45) is 2.62. The molecule has 1 aromatic carbocycles. The summed E-state index contributed by atoms with van der Waals surface area (Å²) in [5.74, 6) is 0.798. The zero-order valence-electron chi connectivity index (χ0n) is 7.62. The predicted molar refractivity (Wildman–Crippen MR) is 64.0 cm³/mol. The first-order valence-electron chi connectivity index (χ1n) is 4.82. The molecule has 0 atom stereocenters. The highest BCUT2D eigenvalue weighted by Gasteiger charge is 2.18. The fraction of sp³-hybridized carbons (Fsp3) is 0.455. The molecule has 0 amide bonds. The first-order valence-corrected chi connectivity index (χ1v) is 5.78. The molecule has 0 N–H and O–H groups in total. The molecule has 0 saturated carbocycles. The van der Waals surface area contributed by atoms with Crippen LogP contribution in [0.2, 0.25) is 0 Å². The van der Waals surface area contributed by atoms with E-state index in [9.17, 15) is 0 Å². The van der Waals surface area contributed by atoms with Gasteiger partial charge in [-0.1, -0.05) is 30.3 Å². The van der Waals surface area contributed by atoms with Gasteiger partial charge in [-0.15, -0.1) is 0 Å². The van der Waals surface area contributed by atoms with Gasteiger partial charge in [-0.25, -0.2) is 3.11 Å². The first-order chi connectivity index (χ1) is 6.36. The molecule has 1 saturated heterocycles. The lowest BCUT2D eigenvalue weighted by Crippen LogP contribution is -2.24. The van der Waals surface area contributed by atoms with Crippen LogP contribution in [0.3, 0.4) is 0 Å². The molecule has 2 rings (SSSR count). The van der Waals surface area contributed by atoms with Crippen molar-refractivity contribution < 1.29 is 0 Å². The third-order valence-electron chi connectivity index (χ3n) is 2.71. The van der Waals surface area contributed by atoms with Gasteiger partial charge in [0.2, 0.25) is 0 Å². The van der Waals surface area contributed by atoms with Crippen molar-refractivity contribution in [2.75, 3.05) is 13.1 Å². The average molecular weight is 287 g/mol. The van der Waals surface area contributed by atoms with Crippen molar-refractivity contribution in [1.82, 2.24) is 3.11 Å². The largest absolute Gasteiger partial charge is 0.248 e. The van der Waals surface area contributed by atoms with Crippen LogP contribution < -0.4 is 0 Å². The molecule has 0 bridgehead atoms. The summed E-state index contributed by atoms with van der Waals surface area (Å²) in [5.41, 5.74) is 1.52. The maximum Gasteiger partial charge on any atom is 0.0201 e. The lowest BCUT2D eigenvalue weighted by molar-refractivity contribution is 0.369. The van der Waals surface area contributed by atoms with Gasteiger partial charge in [0.1, 0.15) is 0 Å². The van der Waals surface area contributed by atoms with E-state index in [0.29, 0.717) is 0 Å². The fourth-order valence-electron chi connectivity index (χ4n) is 1.91. The van der Waals surface area contributed by atoms with Crippen molar-refractivity contribution >= 4 is 22.9 Å².